The Labute approximate surface area is 80.1 Å². The normalized spacial score (nSPS) is 13.4. The van der Waals surface area contributed by atoms with E-state index in [2.05, 4.69) is 18.1 Å². The van der Waals surface area contributed by atoms with Gasteiger partial charge in [0.05, 0.1) is 0 Å². The van der Waals surface area contributed by atoms with Gasteiger partial charge in [0.2, 0.25) is 0 Å². The number of rotatable bonds is 6. The summed E-state index contributed by atoms with van der Waals surface area (Å²) < 4.78 is 0. The first-order valence-electron chi connectivity index (χ1n) is 3.89. The third-order valence-electron chi connectivity index (χ3n) is 1.45. The van der Waals surface area contributed by atoms with Gasteiger partial charge in [0.1, 0.15) is 5.62 Å². The largest absolute Gasteiger partial charge is 0.281 e. The summed E-state index contributed by atoms with van der Waals surface area (Å²) in [5.74, 6) is 0. The molecule has 0 saturated heterocycles. The van der Waals surface area contributed by atoms with Crippen LogP contribution in [-0.4, -0.2) is 42.6 Å². The maximum Gasteiger partial charge on any atom is 0.140 e. The minimum Gasteiger partial charge on any atom is -0.281 e. The second-order valence-corrected chi connectivity index (χ2v) is 3.20. The van der Waals surface area contributed by atoms with Crippen molar-refractivity contribution in [3.63, 3.8) is 0 Å². The first-order chi connectivity index (χ1) is 5.63. The Hall–Kier alpha value is -0.310. The standard InChI is InChI=1S/C9H17ClN2/c1-5-7-12(8-6-2)9(10)11(3)4/h5-6,9H,1-2,7-8H2,3-4H3. The lowest BCUT2D eigenvalue weighted by atomic mass is 10.4. The van der Waals surface area contributed by atoms with Gasteiger partial charge in [-0.1, -0.05) is 23.8 Å². The summed E-state index contributed by atoms with van der Waals surface area (Å²) in [7, 11) is 3.88. The fourth-order valence-electron chi connectivity index (χ4n) is 0.907. The summed E-state index contributed by atoms with van der Waals surface area (Å²) >= 11 is 6.10. The molecule has 0 radical (unpaired) electrons. The smallest absolute Gasteiger partial charge is 0.140 e. The molecule has 0 heterocycles. The minimum absolute atomic E-state index is 0.0963. The Balaban J connectivity index is 4.06. The molecule has 1 atom stereocenters. The van der Waals surface area contributed by atoms with E-state index in [4.69, 9.17) is 11.6 Å². The molecule has 0 bridgehead atoms. The van der Waals surface area contributed by atoms with Crippen LogP contribution in [0.5, 0.6) is 0 Å². The lowest BCUT2D eigenvalue weighted by Crippen LogP contribution is -2.41. The Morgan fingerprint density at radius 1 is 1.25 bits per heavy atom. The van der Waals surface area contributed by atoms with E-state index >= 15 is 0 Å². The molecule has 70 valence electrons. The van der Waals surface area contributed by atoms with Crippen LogP contribution in [0.1, 0.15) is 0 Å². The first-order valence-corrected chi connectivity index (χ1v) is 4.33. The summed E-state index contributed by atoms with van der Waals surface area (Å²) in [4.78, 5) is 4.00. The molecule has 0 aromatic heterocycles. The summed E-state index contributed by atoms with van der Waals surface area (Å²) in [5, 5.41) is 0. The highest BCUT2D eigenvalue weighted by molar-refractivity contribution is 6.20. The molecule has 0 aliphatic carbocycles. The zero-order valence-electron chi connectivity index (χ0n) is 7.83. The van der Waals surface area contributed by atoms with Gasteiger partial charge < -0.3 is 0 Å². The van der Waals surface area contributed by atoms with E-state index in [1.807, 2.05) is 31.1 Å². The fourth-order valence-corrected chi connectivity index (χ4v) is 1.07. The van der Waals surface area contributed by atoms with E-state index in [0.29, 0.717) is 0 Å². The van der Waals surface area contributed by atoms with Gasteiger partial charge in [-0.15, -0.1) is 13.2 Å². The van der Waals surface area contributed by atoms with Crippen molar-refractivity contribution in [1.82, 2.24) is 9.80 Å². The number of hydrogen-bond acceptors (Lipinski definition) is 2. The van der Waals surface area contributed by atoms with Crippen LogP contribution in [-0.2, 0) is 0 Å². The third-order valence-corrected chi connectivity index (χ3v) is 2.12. The van der Waals surface area contributed by atoms with Crippen LogP contribution >= 0.6 is 11.6 Å². The Kier molecular flexibility index (Phi) is 6.07. The van der Waals surface area contributed by atoms with Crippen LogP contribution in [0.25, 0.3) is 0 Å². The Morgan fingerprint density at radius 2 is 1.67 bits per heavy atom. The van der Waals surface area contributed by atoms with Gasteiger partial charge >= 0.3 is 0 Å². The highest BCUT2D eigenvalue weighted by Gasteiger charge is 2.14. The van der Waals surface area contributed by atoms with Crippen molar-refractivity contribution >= 4 is 11.6 Å². The van der Waals surface area contributed by atoms with Gasteiger partial charge in [-0.2, -0.15) is 0 Å². The molecule has 0 rings (SSSR count). The topological polar surface area (TPSA) is 6.48 Å². The summed E-state index contributed by atoms with van der Waals surface area (Å²) in [6, 6.07) is 0. The molecule has 1 unspecified atom stereocenters. The summed E-state index contributed by atoms with van der Waals surface area (Å²) in [5.41, 5.74) is -0.0963. The van der Waals surface area contributed by atoms with Gasteiger partial charge in [-0.05, 0) is 14.1 Å². The van der Waals surface area contributed by atoms with E-state index in [1.165, 1.54) is 0 Å². The Morgan fingerprint density at radius 3 is 1.92 bits per heavy atom. The summed E-state index contributed by atoms with van der Waals surface area (Å²) in [6.45, 7) is 8.89. The Bertz CT molecular complexity index is 135. The fraction of sp³-hybridized carbons (Fsp3) is 0.556. The minimum atomic E-state index is -0.0963. The van der Waals surface area contributed by atoms with E-state index in [-0.39, 0.29) is 5.62 Å². The van der Waals surface area contributed by atoms with E-state index in [9.17, 15) is 0 Å². The van der Waals surface area contributed by atoms with E-state index in [1.54, 1.807) is 0 Å². The van der Waals surface area contributed by atoms with Crippen LogP contribution < -0.4 is 0 Å². The monoisotopic (exact) mass is 188 g/mol. The van der Waals surface area contributed by atoms with Gasteiger partial charge in [-0.25, -0.2) is 0 Å². The second-order valence-electron chi connectivity index (χ2n) is 2.81. The van der Waals surface area contributed by atoms with Crippen LogP contribution in [0, 0.1) is 0 Å². The number of halogens is 1. The van der Waals surface area contributed by atoms with Crippen LogP contribution in [0.15, 0.2) is 25.3 Å². The quantitative estimate of drug-likeness (QED) is 0.271. The molecule has 0 aromatic carbocycles. The lowest BCUT2D eigenvalue weighted by molar-refractivity contribution is 0.171. The zero-order valence-corrected chi connectivity index (χ0v) is 8.59. The maximum absolute atomic E-state index is 6.10. The van der Waals surface area contributed by atoms with E-state index < -0.39 is 0 Å². The molecule has 0 aromatic rings. The average molecular weight is 189 g/mol. The van der Waals surface area contributed by atoms with Crippen molar-refractivity contribution in [1.29, 1.82) is 0 Å². The number of nitrogens with zero attached hydrogens (tertiary/aromatic N) is 2. The second kappa shape index (κ2) is 6.23. The predicted molar refractivity (Wildman–Crippen MR) is 55.3 cm³/mol. The molecule has 2 nitrogen and oxygen atoms in total. The van der Waals surface area contributed by atoms with E-state index in [0.717, 1.165) is 13.1 Å². The zero-order chi connectivity index (χ0) is 9.56. The van der Waals surface area contributed by atoms with Gasteiger partial charge in [0, 0.05) is 13.1 Å². The first kappa shape index (κ1) is 11.7. The molecule has 0 N–H and O–H groups in total. The van der Waals surface area contributed by atoms with Crippen LogP contribution in [0.3, 0.4) is 0 Å². The van der Waals surface area contributed by atoms with Crippen molar-refractivity contribution < 1.29 is 0 Å². The summed E-state index contributed by atoms with van der Waals surface area (Å²) in [6.07, 6.45) is 3.67. The average Bonchev–Trinajstić information content (AvgIpc) is 2.03. The molecule has 0 amide bonds. The molecule has 12 heavy (non-hydrogen) atoms. The molecular formula is C9H17ClN2. The molecular weight excluding hydrogens is 172 g/mol. The SMILES string of the molecule is C=CCN(CC=C)C(Cl)N(C)C. The van der Waals surface area contributed by atoms with Gasteiger partial charge in [-0.3, -0.25) is 9.80 Å². The highest BCUT2D eigenvalue weighted by atomic mass is 35.5. The molecule has 0 aliphatic rings. The number of alkyl halides is 1. The molecule has 0 aliphatic heterocycles. The van der Waals surface area contributed by atoms with Crippen LogP contribution in [0.2, 0.25) is 0 Å². The van der Waals surface area contributed by atoms with Crippen molar-refractivity contribution in [2.24, 2.45) is 0 Å². The van der Waals surface area contributed by atoms with Crippen molar-refractivity contribution in [3.05, 3.63) is 25.3 Å². The van der Waals surface area contributed by atoms with Gasteiger partial charge in [0.25, 0.3) is 0 Å². The van der Waals surface area contributed by atoms with Gasteiger partial charge in [0.15, 0.2) is 0 Å². The van der Waals surface area contributed by atoms with Crippen molar-refractivity contribution in [2.45, 2.75) is 5.62 Å². The lowest BCUT2D eigenvalue weighted by Gasteiger charge is -2.29. The number of hydrogen-bond donors (Lipinski definition) is 0. The highest BCUT2D eigenvalue weighted by Crippen LogP contribution is 2.06. The molecule has 0 fully saturated rings. The maximum atomic E-state index is 6.10. The third kappa shape index (κ3) is 3.90. The van der Waals surface area contributed by atoms with Crippen LogP contribution in [0.4, 0.5) is 0 Å². The molecule has 0 spiro atoms. The van der Waals surface area contributed by atoms with Crippen molar-refractivity contribution in [2.75, 3.05) is 27.2 Å². The molecule has 0 saturated carbocycles. The predicted octanol–water partition coefficient (Wildman–Crippen LogP) is 1.74. The molecule has 3 heteroatoms. The van der Waals surface area contributed by atoms with Crippen molar-refractivity contribution in [3.8, 4) is 0 Å².